The molecule has 27 heavy (non-hydrogen) atoms. The van der Waals surface area contributed by atoms with Crippen molar-refractivity contribution in [1.82, 2.24) is 0 Å². The molecule has 144 valence electrons. The molecule has 8 nitrogen and oxygen atoms in total. The molecule has 2 aromatic rings. The standard InChI is InChI=1S/C17H17BrN2O6S/c1-10(21)19-13-4-3-11(7-15(13)24-2)27(22,23)20-14-9-17-16(8-12(14)18)25-5-6-26-17/h3-4,7-9,20H,5-6H2,1-2H3,(H,19,21). The smallest absolute Gasteiger partial charge is 0.262 e. The van der Waals surface area contributed by atoms with E-state index in [4.69, 9.17) is 14.2 Å². The normalized spacial score (nSPS) is 13.0. The zero-order valence-corrected chi connectivity index (χ0v) is 16.9. The van der Waals surface area contributed by atoms with Gasteiger partial charge in [0.25, 0.3) is 10.0 Å². The minimum Gasteiger partial charge on any atom is -0.495 e. The van der Waals surface area contributed by atoms with E-state index in [2.05, 4.69) is 26.0 Å². The molecule has 1 aliphatic rings. The van der Waals surface area contributed by atoms with Gasteiger partial charge >= 0.3 is 0 Å². The van der Waals surface area contributed by atoms with Gasteiger partial charge < -0.3 is 19.5 Å². The number of methoxy groups -OCH3 is 1. The van der Waals surface area contributed by atoms with Crippen LogP contribution in [0.1, 0.15) is 6.92 Å². The zero-order chi connectivity index (χ0) is 19.6. The zero-order valence-electron chi connectivity index (χ0n) is 14.5. The second-order valence-electron chi connectivity index (χ2n) is 5.62. The molecule has 0 saturated carbocycles. The molecule has 0 aromatic heterocycles. The summed E-state index contributed by atoms with van der Waals surface area (Å²) >= 11 is 3.33. The fourth-order valence-electron chi connectivity index (χ4n) is 2.48. The lowest BCUT2D eigenvalue weighted by molar-refractivity contribution is -0.114. The third-order valence-corrected chi connectivity index (χ3v) is 5.69. The second-order valence-corrected chi connectivity index (χ2v) is 8.16. The van der Waals surface area contributed by atoms with E-state index in [0.717, 1.165) is 0 Å². The lowest BCUT2D eigenvalue weighted by Crippen LogP contribution is -2.17. The summed E-state index contributed by atoms with van der Waals surface area (Å²) in [6.45, 7) is 2.18. The molecule has 1 heterocycles. The van der Waals surface area contributed by atoms with E-state index in [-0.39, 0.29) is 16.6 Å². The first-order valence-electron chi connectivity index (χ1n) is 7.88. The van der Waals surface area contributed by atoms with Crippen molar-refractivity contribution in [2.45, 2.75) is 11.8 Å². The molecular weight excluding hydrogens is 440 g/mol. The number of fused-ring (bicyclic) bond motifs is 1. The maximum atomic E-state index is 12.8. The van der Waals surface area contributed by atoms with Gasteiger partial charge in [0.1, 0.15) is 19.0 Å². The number of benzene rings is 2. The van der Waals surface area contributed by atoms with Crippen LogP contribution in [-0.4, -0.2) is 34.6 Å². The lowest BCUT2D eigenvalue weighted by atomic mass is 10.2. The van der Waals surface area contributed by atoms with Crippen molar-refractivity contribution < 1.29 is 27.4 Å². The molecule has 3 rings (SSSR count). The highest BCUT2D eigenvalue weighted by Gasteiger charge is 2.21. The van der Waals surface area contributed by atoms with E-state index in [1.54, 1.807) is 12.1 Å². The fourth-order valence-corrected chi connectivity index (χ4v) is 4.12. The van der Waals surface area contributed by atoms with Crippen molar-refractivity contribution in [1.29, 1.82) is 0 Å². The Morgan fingerprint density at radius 1 is 1.11 bits per heavy atom. The monoisotopic (exact) mass is 456 g/mol. The Hall–Kier alpha value is -2.46. The first-order valence-corrected chi connectivity index (χ1v) is 10.2. The molecule has 2 N–H and O–H groups in total. The molecule has 2 aromatic carbocycles. The lowest BCUT2D eigenvalue weighted by Gasteiger charge is -2.20. The van der Waals surface area contributed by atoms with Gasteiger partial charge in [-0.1, -0.05) is 0 Å². The Balaban J connectivity index is 1.92. The van der Waals surface area contributed by atoms with E-state index in [0.29, 0.717) is 40.6 Å². The van der Waals surface area contributed by atoms with Gasteiger partial charge in [0.15, 0.2) is 11.5 Å². The molecular formula is C17H17BrN2O6S. The van der Waals surface area contributed by atoms with Crippen LogP contribution in [0.15, 0.2) is 39.7 Å². The van der Waals surface area contributed by atoms with Gasteiger partial charge in [-0.05, 0) is 28.1 Å². The van der Waals surface area contributed by atoms with Crippen molar-refractivity contribution in [3.63, 3.8) is 0 Å². The summed E-state index contributed by atoms with van der Waals surface area (Å²) in [5.74, 6) is 0.940. The quantitative estimate of drug-likeness (QED) is 0.716. The second kappa shape index (κ2) is 7.65. The van der Waals surface area contributed by atoms with Crippen LogP contribution in [0.25, 0.3) is 0 Å². The molecule has 0 atom stereocenters. The number of halogens is 1. The van der Waals surface area contributed by atoms with Crippen molar-refractivity contribution in [3.05, 3.63) is 34.8 Å². The minimum absolute atomic E-state index is 0.0183. The third kappa shape index (κ3) is 4.28. The van der Waals surface area contributed by atoms with Crippen LogP contribution in [-0.2, 0) is 14.8 Å². The highest BCUT2D eigenvalue weighted by molar-refractivity contribution is 9.10. The number of nitrogens with one attached hydrogen (secondary N) is 2. The number of carbonyl (C=O) groups excluding carboxylic acids is 1. The van der Waals surface area contributed by atoms with Crippen LogP contribution >= 0.6 is 15.9 Å². The van der Waals surface area contributed by atoms with Gasteiger partial charge in [0.2, 0.25) is 5.91 Å². The number of rotatable bonds is 5. The van der Waals surface area contributed by atoms with Gasteiger partial charge in [0, 0.05) is 29.6 Å². The SMILES string of the molecule is COc1cc(S(=O)(=O)Nc2cc3c(cc2Br)OCCO3)ccc1NC(C)=O. The molecule has 0 aliphatic carbocycles. The number of hydrogen-bond donors (Lipinski definition) is 2. The molecule has 0 unspecified atom stereocenters. The van der Waals surface area contributed by atoms with Crippen LogP contribution < -0.4 is 24.2 Å². The predicted octanol–water partition coefficient (Wildman–Crippen LogP) is 2.99. The molecule has 0 saturated heterocycles. The molecule has 10 heteroatoms. The molecule has 0 spiro atoms. The van der Waals surface area contributed by atoms with Gasteiger partial charge in [-0.15, -0.1) is 0 Å². The molecule has 0 radical (unpaired) electrons. The molecule has 0 bridgehead atoms. The Morgan fingerprint density at radius 2 is 1.78 bits per heavy atom. The number of anilines is 2. The van der Waals surface area contributed by atoms with Crippen LogP contribution in [0.2, 0.25) is 0 Å². The van der Waals surface area contributed by atoms with Crippen LogP contribution in [0.4, 0.5) is 11.4 Å². The Morgan fingerprint density at radius 3 is 2.41 bits per heavy atom. The highest BCUT2D eigenvalue weighted by Crippen LogP contribution is 2.39. The average molecular weight is 457 g/mol. The summed E-state index contributed by atoms with van der Waals surface area (Å²) in [7, 11) is -2.52. The first kappa shape index (κ1) is 19.3. The van der Waals surface area contributed by atoms with E-state index in [1.807, 2.05) is 0 Å². The van der Waals surface area contributed by atoms with Crippen LogP contribution in [0, 0.1) is 0 Å². The molecule has 1 aliphatic heterocycles. The average Bonchev–Trinajstić information content (AvgIpc) is 2.62. The Kier molecular flexibility index (Phi) is 5.47. The Labute approximate surface area is 165 Å². The van der Waals surface area contributed by atoms with Crippen molar-refractivity contribution in [2.75, 3.05) is 30.4 Å². The van der Waals surface area contributed by atoms with Gasteiger partial charge in [-0.25, -0.2) is 8.42 Å². The minimum atomic E-state index is -3.91. The summed E-state index contributed by atoms with van der Waals surface area (Å²) in [5.41, 5.74) is 0.689. The van der Waals surface area contributed by atoms with Crippen molar-refractivity contribution in [3.8, 4) is 17.2 Å². The van der Waals surface area contributed by atoms with E-state index in [1.165, 1.54) is 32.2 Å². The maximum absolute atomic E-state index is 12.8. The highest BCUT2D eigenvalue weighted by atomic mass is 79.9. The molecule has 0 fully saturated rings. The van der Waals surface area contributed by atoms with Gasteiger partial charge in [-0.3, -0.25) is 9.52 Å². The first-order chi connectivity index (χ1) is 12.8. The van der Waals surface area contributed by atoms with Crippen molar-refractivity contribution in [2.24, 2.45) is 0 Å². The summed E-state index contributed by atoms with van der Waals surface area (Å²) in [6, 6.07) is 7.38. The van der Waals surface area contributed by atoms with Gasteiger partial charge in [0.05, 0.1) is 23.4 Å². The largest absolute Gasteiger partial charge is 0.495 e. The number of carbonyl (C=O) groups is 1. The van der Waals surface area contributed by atoms with Crippen molar-refractivity contribution >= 4 is 43.2 Å². The predicted molar refractivity (Wildman–Crippen MR) is 103 cm³/mol. The Bertz CT molecular complexity index is 993. The van der Waals surface area contributed by atoms with E-state index >= 15 is 0 Å². The summed E-state index contributed by atoms with van der Waals surface area (Å²) in [6.07, 6.45) is 0. The summed E-state index contributed by atoms with van der Waals surface area (Å²) in [4.78, 5) is 11.2. The number of ether oxygens (including phenoxy) is 3. The fraction of sp³-hybridized carbons (Fsp3) is 0.235. The maximum Gasteiger partial charge on any atom is 0.262 e. The third-order valence-electron chi connectivity index (χ3n) is 3.67. The van der Waals surface area contributed by atoms with Crippen LogP contribution in [0.3, 0.4) is 0 Å². The van der Waals surface area contributed by atoms with Gasteiger partial charge in [-0.2, -0.15) is 0 Å². The number of sulfonamides is 1. The topological polar surface area (TPSA) is 103 Å². The van der Waals surface area contributed by atoms with E-state index in [9.17, 15) is 13.2 Å². The summed E-state index contributed by atoms with van der Waals surface area (Å²) < 4.78 is 44.7. The number of hydrogen-bond acceptors (Lipinski definition) is 6. The molecule has 1 amide bonds. The summed E-state index contributed by atoms with van der Waals surface area (Å²) in [5, 5.41) is 2.58. The van der Waals surface area contributed by atoms with Crippen LogP contribution in [0.5, 0.6) is 17.2 Å². The van der Waals surface area contributed by atoms with E-state index < -0.39 is 10.0 Å². The number of amides is 1.